The molecule has 1 rings (SSSR count). The van der Waals surface area contributed by atoms with Gasteiger partial charge in [-0.05, 0) is 31.7 Å². The first-order valence-corrected chi connectivity index (χ1v) is 6.63. The first kappa shape index (κ1) is 14.5. The highest BCUT2D eigenvalue weighted by atomic mass is 16.5. The summed E-state index contributed by atoms with van der Waals surface area (Å²) in [5.74, 6) is -0.0149. The zero-order valence-electron chi connectivity index (χ0n) is 11.0. The number of hydrogen-bond acceptors (Lipinski definition) is 3. The van der Waals surface area contributed by atoms with E-state index in [1.54, 1.807) is 0 Å². The second-order valence-corrected chi connectivity index (χ2v) is 5.24. The average molecular weight is 243 g/mol. The maximum absolute atomic E-state index is 10.4. The van der Waals surface area contributed by atoms with Crippen molar-refractivity contribution in [3.63, 3.8) is 0 Å². The third-order valence-electron chi connectivity index (χ3n) is 3.23. The molecule has 0 atom stereocenters. The number of carboxylic acid groups (broad SMARTS) is 1. The van der Waals surface area contributed by atoms with Crippen LogP contribution in [-0.2, 0) is 9.53 Å². The molecule has 4 heteroatoms. The second kappa shape index (κ2) is 7.67. The van der Waals surface area contributed by atoms with Gasteiger partial charge in [0.1, 0.15) is 0 Å². The zero-order chi connectivity index (χ0) is 12.7. The summed E-state index contributed by atoms with van der Waals surface area (Å²) >= 11 is 0. The molecule has 100 valence electrons. The van der Waals surface area contributed by atoms with Crippen molar-refractivity contribution >= 4 is 5.97 Å². The van der Waals surface area contributed by atoms with Crippen LogP contribution >= 0.6 is 0 Å². The van der Waals surface area contributed by atoms with Crippen molar-refractivity contribution in [2.75, 3.05) is 26.2 Å². The average Bonchev–Trinajstić information content (AvgIpc) is 2.27. The Bertz CT molecular complexity index is 223. The first-order chi connectivity index (χ1) is 8.08. The van der Waals surface area contributed by atoms with E-state index in [1.807, 2.05) is 0 Å². The number of carboxylic acids is 1. The summed E-state index contributed by atoms with van der Waals surface area (Å²) in [5.41, 5.74) is 0. The number of piperidine rings is 1. The molecule has 0 aromatic heterocycles. The SMILES string of the molecule is CC(C)CCN1CCC(OCCC(=O)O)CC1. The van der Waals surface area contributed by atoms with Crippen molar-refractivity contribution in [3.8, 4) is 0 Å². The Labute approximate surface area is 104 Å². The molecule has 0 amide bonds. The number of likely N-dealkylation sites (tertiary alicyclic amines) is 1. The maximum Gasteiger partial charge on any atom is 0.305 e. The molecule has 1 fully saturated rings. The van der Waals surface area contributed by atoms with E-state index in [9.17, 15) is 4.79 Å². The van der Waals surface area contributed by atoms with Crippen LogP contribution in [0, 0.1) is 5.92 Å². The van der Waals surface area contributed by atoms with Crippen molar-refractivity contribution in [3.05, 3.63) is 0 Å². The van der Waals surface area contributed by atoms with Crippen LogP contribution in [0.1, 0.15) is 39.5 Å². The summed E-state index contributed by atoms with van der Waals surface area (Å²) in [6.45, 7) is 8.21. The minimum absolute atomic E-state index is 0.119. The van der Waals surface area contributed by atoms with Gasteiger partial charge < -0.3 is 14.7 Å². The monoisotopic (exact) mass is 243 g/mol. The lowest BCUT2D eigenvalue weighted by Gasteiger charge is -2.32. The van der Waals surface area contributed by atoms with E-state index in [0.29, 0.717) is 6.61 Å². The molecule has 0 aromatic carbocycles. The molecule has 1 heterocycles. The van der Waals surface area contributed by atoms with Crippen molar-refractivity contribution in [2.45, 2.75) is 45.6 Å². The normalized spacial score (nSPS) is 18.8. The Kier molecular flexibility index (Phi) is 6.52. The molecule has 0 bridgehead atoms. The molecule has 0 spiro atoms. The highest BCUT2D eigenvalue weighted by Crippen LogP contribution is 2.15. The molecular formula is C13H25NO3. The fourth-order valence-corrected chi connectivity index (χ4v) is 2.05. The van der Waals surface area contributed by atoms with E-state index in [2.05, 4.69) is 18.7 Å². The van der Waals surface area contributed by atoms with Crippen molar-refractivity contribution in [1.29, 1.82) is 0 Å². The van der Waals surface area contributed by atoms with E-state index < -0.39 is 5.97 Å². The number of nitrogens with zero attached hydrogens (tertiary/aromatic N) is 1. The Morgan fingerprint density at radius 2 is 2.06 bits per heavy atom. The number of rotatable bonds is 7. The van der Waals surface area contributed by atoms with Gasteiger partial charge >= 0.3 is 5.97 Å². The number of ether oxygens (including phenoxy) is 1. The third-order valence-corrected chi connectivity index (χ3v) is 3.23. The quantitative estimate of drug-likeness (QED) is 0.743. The molecule has 0 saturated carbocycles. The van der Waals surface area contributed by atoms with Gasteiger partial charge in [0.05, 0.1) is 19.1 Å². The van der Waals surface area contributed by atoms with Crippen LogP contribution in [0.3, 0.4) is 0 Å². The molecular weight excluding hydrogens is 218 g/mol. The van der Waals surface area contributed by atoms with Gasteiger partial charge in [0.25, 0.3) is 0 Å². The standard InChI is InChI=1S/C13H25NO3/c1-11(2)3-7-14-8-4-12(5-9-14)17-10-6-13(15)16/h11-12H,3-10H2,1-2H3,(H,15,16). The minimum Gasteiger partial charge on any atom is -0.481 e. The van der Waals surface area contributed by atoms with Crippen molar-refractivity contribution in [1.82, 2.24) is 4.90 Å². The molecule has 0 radical (unpaired) electrons. The highest BCUT2D eigenvalue weighted by molar-refractivity contribution is 5.66. The largest absolute Gasteiger partial charge is 0.481 e. The molecule has 1 saturated heterocycles. The Morgan fingerprint density at radius 3 is 2.59 bits per heavy atom. The predicted molar refractivity (Wildman–Crippen MR) is 67.1 cm³/mol. The van der Waals surface area contributed by atoms with E-state index in [-0.39, 0.29) is 12.5 Å². The van der Waals surface area contributed by atoms with Gasteiger partial charge in [-0.15, -0.1) is 0 Å². The number of carbonyl (C=O) groups is 1. The van der Waals surface area contributed by atoms with Crippen LogP contribution in [-0.4, -0.2) is 48.3 Å². The maximum atomic E-state index is 10.4. The minimum atomic E-state index is -0.778. The highest BCUT2D eigenvalue weighted by Gasteiger charge is 2.19. The van der Waals surface area contributed by atoms with E-state index in [0.717, 1.165) is 31.8 Å². The van der Waals surface area contributed by atoms with E-state index >= 15 is 0 Å². The number of aliphatic carboxylic acids is 1. The van der Waals surface area contributed by atoms with Gasteiger partial charge in [-0.2, -0.15) is 0 Å². The molecule has 1 aliphatic rings. The van der Waals surface area contributed by atoms with Gasteiger partial charge in [0, 0.05) is 13.1 Å². The Hall–Kier alpha value is -0.610. The Balaban J connectivity index is 2.07. The van der Waals surface area contributed by atoms with Crippen molar-refractivity contribution in [2.24, 2.45) is 5.92 Å². The van der Waals surface area contributed by atoms with Crippen molar-refractivity contribution < 1.29 is 14.6 Å². The van der Waals surface area contributed by atoms with Crippen LogP contribution in [0.4, 0.5) is 0 Å². The van der Waals surface area contributed by atoms with Crippen LogP contribution in [0.15, 0.2) is 0 Å². The lowest BCUT2D eigenvalue weighted by molar-refractivity contribution is -0.138. The zero-order valence-corrected chi connectivity index (χ0v) is 11.0. The molecule has 0 aromatic rings. The summed E-state index contributed by atoms with van der Waals surface area (Å²) in [6.07, 6.45) is 3.72. The summed E-state index contributed by atoms with van der Waals surface area (Å²) < 4.78 is 5.56. The van der Waals surface area contributed by atoms with Crippen LogP contribution in [0.25, 0.3) is 0 Å². The van der Waals surface area contributed by atoms with Gasteiger partial charge in [0.15, 0.2) is 0 Å². The van der Waals surface area contributed by atoms with Crippen LogP contribution in [0.5, 0.6) is 0 Å². The lowest BCUT2D eigenvalue weighted by atomic mass is 10.1. The summed E-state index contributed by atoms with van der Waals surface area (Å²) in [7, 11) is 0. The lowest BCUT2D eigenvalue weighted by Crippen LogP contribution is -2.38. The van der Waals surface area contributed by atoms with Gasteiger partial charge in [-0.25, -0.2) is 0 Å². The van der Waals surface area contributed by atoms with E-state index in [4.69, 9.17) is 9.84 Å². The third kappa shape index (κ3) is 6.64. The summed E-state index contributed by atoms with van der Waals surface area (Å²) in [6, 6.07) is 0. The van der Waals surface area contributed by atoms with Gasteiger partial charge in [-0.1, -0.05) is 13.8 Å². The molecule has 0 unspecified atom stereocenters. The molecule has 4 nitrogen and oxygen atoms in total. The topological polar surface area (TPSA) is 49.8 Å². The first-order valence-electron chi connectivity index (χ1n) is 6.63. The fourth-order valence-electron chi connectivity index (χ4n) is 2.05. The molecule has 1 aliphatic heterocycles. The van der Waals surface area contributed by atoms with Crippen LogP contribution in [0.2, 0.25) is 0 Å². The molecule has 1 N–H and O–H groups in total. The van der Waals surface area contributed by atoms with E-state index in [1.165, 1.54) is 13.0 Å². The smallest absolute Gasteiger partial charge is 0.305 e. The van der Waals surface area contributed by atoms with Gasteiger partial charge in [0.2, 0.25) is 0 Å². The Morgan fingerprint density at radius 1 is 1.41 bits per heavy atom. The number of hydrogen-bond donors (Lipinski definition) is 1. The fraction of sp³-hybridized carbons (Fsp3) is 0.923. The second-order valence-electron chi connectivity index (χ2n) is 5.24. The molecule has 0 aliphatic carbocycles. The molecule has 17 heavy (non-hydrogen) atoms. The predicted octanol–water partition coefficient (Wildman–Crippen LogP) is 1.99. The summed E-state index contributed by atoms with van der Waals surface area (Å²) in [4.78, 5) is 12.8. The van der Waals surface area contributed by atoms with Gasteiger partial charge in [-0.3, -0.25) is 4.79 Å². The summed E-state index contributed by atoms with van der Waals surface area (Å²) in [5, 5.41) is 8.52. The van der Waals surface area contributed by atoms with Crippen LogP contribution < -0.4 is 0 Å².